The molecule has 1 N–H and O–H groups in total. The van der Waals surface area contributed by atoms with E-state index in [-0.39, 0.29) is 11.8 Å². The average Bonchev–Trinajstić information content (AvgIpc) is 2.68. The molecule has 0 aromatic heterocycles. The standard InChI is InChI=1S/C21H26N2O3/c1-16(21(24)22-2)15-17-7-9-18(10-8-17)25-13-11-23-12-14-26-20-6-4-3-5-19(20)23/h3-10,16H,11-15H2,1-2H3,(H,22,24). The van der Waals surface area contributed by atoms with Gasteiger partial charge < -0.3 is 19.7 Å². The van der Waals surface area contributed by atoms with Gasteiger partial charge in [0, 0.05) is 13.0 Å². The SMILES string of the molecule is CNC(=O)C(C)Cc1ccc(OCCN2CCOc3ccccc32)cc1. The molecule has 138 valence electrons. The lowest BCUT2D eigenvalue weighted by Crippen LogP contribution is -2.35. The summed E-state index contributed by atoms with van der Waals surface area (Å²) >= 11 is 0. The number of anilines is 1. The topological polar surface area (TPSA) is 50.8 Å². The first kappa shape index (κ1) is 18.1. The summed E-state index contributed by atoms with van der Waals surface area (Å²) in [7, 11) is 1.67. The van der Waals surface area contributed by atoms with E-state index in [0.717, 1.165) is 42.3 Å². The number of benzene rings is 2. The molecule has 26 heavy (non-hydrogen) atoms. The lowest BCUT2D eigenvalue weighted by molar-refractivity contribution is -0.123. The molecule has 3 rings (SSSR count). The van der Waals surface area contributed by atoms with E-state index >= 15 is 0 Å². The van der Waals surface area contributed by atoms with E-state index in [1.165, 1.54) is 0 Å². The van der Waals surface area contributed by atoms with Crippen LogP contribution in [-0.2, 0) is 11.2 Å². The summed E-state index contributed by atoms with van der Waals surface area (Å²) in [5.74, 6) is 1.82. The summed E-state index contributed by atoms with van der Waals surface area (Å²) < 4.78 is 11.6. The summed E-state index contributed by atoms with van der Waals surface area (Å²) in [5.41, 5.74) is 2.26. The van der Waals surface area contributed by atoms with Gasteiger partial charge in [-0.2, -0.15) is 0 Å². The summed E-state index contributed by atoms with van der Waals surface area (Å²) in [6.07, 6.45) is 0.727. The number of para-hydroxylation sites is 2. The first-order valence-electron chi connectivity index (χ1n) is 9.07. The second-order valence-electron chi connectivity index (χ2n) is 6.52. The van der Waals surface area contributed by atoms with E-state index in [2.05, 4.69) is 16.3 Å². The normalized spacial score (nSPS) is 14.2. The number of rotatable bonds is 7. The predicted molar refractivity (Wildman–Crippen MR) is 103 cm³/mol. The van der Waals surface area contributed by atoms with Crippen molar-refractivity contribution in [2.45, 2.75) is 13.3 Å². The number of amides is 1. The highest BCUT2D eigenvalue weighted by atomic mass is 16.5. The van der Waals surface area contributed by atoms with Crippen LogP contribution in [0.15, 0.2) is 48.5 Å². The monoisotopic (exact) mass is 354 g/mol. The van der Waals surface area contributed by atoms with Crippen LogP contribution in [0.1, 0.15) is 12.5 Å². The van der Waals surface area contributed by atoms with Crippen molar-refractivity contribution in [3.05, 3.63) is 54.1 Å². The van der Waals surface area contributed by atoms with Crippen molar-refractivity contribution in [3.8, 4) is 11.5 Å². The van der Waals surface area contributed by atoms with Crippen LogP contribution in [0.4, 0.5) is 5.69 Å². The van der Waals surface area contributed by atoms with E-state index < -0.39 is 0 Å². The maximum absolute atomic E-state index is 11.6. The maximum atomic E-state index is 11.6. The molecule has 1 aliphatic rings. The van der Waals surface area contributed by atoms with Crippen LogP contribution in [0, 0.1) is 5.92 Å². The van der Waals surface area contributed by atoms with E-state index in [1.807, 2.05) is 49.4 Å². The van der Waals surface area contributed by atoms with Crippen molar-refractivity contribution in [1.29, 1.82) is 0 Å². The third-order valence-electron chi connectivity index (χ3n) is 4.61. The average molecular weight is 354 g/mol. The molecule has 1 unspecified atom stereocenters. The van der Waals surface area contributed by atoms with Crippen molar-refractivity contribution in [2.24, 2.45) is 5.92 Å². The molecule has 1 heterocycles. The molecular weight excluding hydrogens is 328 g/mol. The third-order valence-corrected chi connectivity index (χ3v) is 4.61. The van der Waals surface area contributed by atoms with Crippen LogP contribution >= 0.6 is 0 Å². The lowest BCUT2D eigenvalue weighted by atomic mass is 10.0. The van der Waals surface area contributed by atoms with Crippen molar-refractivity contribution in [2.75, 3.05) is 38.3 Å². The van der Waals surface area contributed by atoms with Gasteiger partial charge in [-0.3, -0.25) is 4.79 Å². The molecule has 0 aliphatic carbocycles. The van der Waals surface area contributed by atoms with Crippen LogP contribution in [0.3, 0.4) is 0 Å². The summed E-state index contributed by atoms with van der Waals surface area (Å²) in [6, 6.07) is 16.1. The molecule has 0 saturated heterocycles. The fourth-order valence-electron chi connectivity index (χ4n) is 3.15. The second-order valence-corrected chi connectivity index (χ2v) is 6.52. The molecule has 0 radical (unpaired) electrons. The lowest BCUT2D eigenvalue weighted by Gasteiger charge is -2.31. The number of hydrogen-bond acceptors (Lipinski definition) is 4. The van der Waals surface area contributed by atoms with Gasteiger partial charge in [-0.1, -0.05) is 31.2 Å². The van der Waals surface area contributed by atoms with Crippen molar-refractivity contribution in [3.63, 3.8) is 0 Å². The van der Waals surface area contributed by atoms with E-state index in [0.29, 0.717) is 13.2 Å². The fraction of sp³-hybridized carbons (Fsp3) is 0.381. The Balaban J connectivity index is 1.49. The van der Waals surface area contributed by atoms with E-state index in [1.54, 1.807) is 7.05 Å². The molecule has 2 aromatic carbocycles. The van der Waals surface area contributed by atoms with E-state index in [9.17, 15) is 4.79 Å². The van der Waals surface area contributed by atoms with Crippen LogP contribution < -0.4 is 19.7 Å². The first-order valence-corrected chi connectivity index (χ1v) is 9.07. The van der Waals surface area contributed by atoms with Gasteiger partial charge in [0.25, 0.3) is 0 Å². The Morgan fingerprint density at radius 2 is 2.00 bits per heavy atom. The minimum atomic E-state index is -0.0341. The van der Waals surface area contributed by atoms with Gasteiger partial charge in [0.1, 0.15) is 24.7 Å². The zero-order chi connectivity index (χ0) is 18.4. The molecule has 1 atom stereocenters. The third kappa shape index (κ3) is 4.48. The number of nitrogens with zero attached hydrogens (tertiary/aromatic N) is 1. The predicted octanol–water partition coefficient (Wildman–Crippen LogP) is 2.89. The quantitative estimate of drug-likeness (QED) is 0.831. The largest absolute Gasteiger partial charge is 0.492 e. The molecule has 5 heteroatoms. The number of hydrogen-bond donors (Lipinski definition) is 1. The Bertz CT molecular complexity index is 730. The second kappa shape index (κ2) is 8.61. The molecule has 2 aromatic rings. The van der Waals surface area contributed by atoms with Gasteiger partial charge in [-0.05, 0) is 36.2 Å². The first-order chi connectivity index (χ1) is 12.7. The molecule has 5 nitrogen and oxygen atoms in total. The molecule has 1 aliphatic heterocycles. The van der Waals surface area contributed by atoms with Crippen molar-refractivity contribution >= 4 is 11.6 Å². The zero-order valence-corrected chi connectivity index (χ0v) is 15.4. The molecular formula is C21H26N2O3. The van der Waals surface area contributed by atoms with Gasteiger partial charge in [0.05, 0.1) is 18.8 Å². The highest BCUT2D eigenvalue weighted by Gasteiger charge is 2.17. The number of fused-ring (bicyclic) bond motifs is 1. The summed E-state index contributed by atoms with van der Waals surface area (Å²) in [5, 5.41) is 2.69. The van der Waals surface area contributed by atoms with Crippen molar-refractivity contribution in [1.82, 2.24) is 5.32 Å². The van der Waals surface area contributed by atoms with Gasteiger partial charge in [0.2, 0.25) is 5.91 Å². The van der Waals surface area contributed by atoms with E-state index in [4.69, 9.17) is 9.47 Å². The molecule has 0 spiro atoms. The highest BCUT2D eigenvalue weighted by Crippen LogP contribution is 2.30. The Labute approximate surface area is 154 Å². The Kier molecular flexibility index (Phi) is 6.00. The van der Waals surface area contributed by atoms with Crippen LogP contribution in [0.25, 0.3) is 0 Å². The van der Waals surface area contributed by atoms with Crippen LogP contribution in [-0.4, -0.2) is 39.3 Å². The highest BCUT2D eigenvalue weighted by molar-refractivity contribution is 5.78. The van der Waals surface area contributed by atoms with Gasteiger partial charge in [-0.15, -0.1) is 0 Å². The molecule has 0 fully saturated rings. The minimum Gasteiger partial charge on any atom is -0.492 e. The summed E-state index contributed by atoms with van der Waals surface area (Å²) in [6.45, 7) is 4.94. The zero-order valence-electron chi connectivity index (χ0n) is 15.4. The molecule has 0 bridgehead atoms. The maximum Gasteiger partial charge on any atom is 0.222 e. The van der Waals surface area contributed by atoms with Gasteiger partial charge >= 0.3 is 0 Å². The number of ether oxygens (including phenoxy) is 2. The Morgan fingerprint density at radius 3 is 2.77 bits per heavy atom. The summed E-state index contributed by atoms with van der Waals surface area (Å²) in [4.78, 5) is 13.9. The van der Waals surface area contributed by atoms with Gasteiger partial charge in [0.15, 0.2) is 0 Å². The molecule has 0 saturated carbocycles. The number of nitrogens with one attached hydrogen (secondary N) is 1. The van der Waals surface area contributed by atoms with Crippen LogP contribution in [0.5, 0.6) is 11.5 Å². The minimum absolute atomic E-state index is 0.0341. The van der Waals surface area contributed by atoms with Crippen molar-refractivity contribution < 1.29 is 14.3 Å². The Morgan fingerprint density at radius 1 is 1.23 bits per heavy atom. The Hall–Kier alpha value is -2.69. The number of carbonyl (C=O) groups excluding carboxylic acids is 1. The smallest absolute Gasteiger partial charge is 0.222 e. The fourth-order valence-corrected chi connectivity index (χ4v) is 3.15. The van der Waals surface area contributed by atoms with Crippen LogP contribution in [0.2, 0.25) is 0 Å². The van der Waals surface area contributed by atoms with Gasteiger partial charge in [-0.25, -0.2) is 0 Å². The number of carbonyl (C=O) groups is 1. The molecule has 1 amide bonds.